The fraction of sp³-hybridized carbons (Fsp3) is 0.233. The van der Waals surface area contributed by atoms with E-state index in [1.54, 1.807) is 48.5 Å². The highest BCUT2D eigenvalue weighted by Crippen LogP contribution is 2.38. The van der Waals surface area contributed by atoms with E-state index in [-0.39, 0.29) is 36.2 Å². The summed E-state index contributed by atoms with van der Waals surface area (Å²) in [6, 6.07) is 21.3. The van der Waals surface area contributed by atoms with Crippen LogP contribution in [0, 0.1) is 5.92 Å². The molecule has 0 aliphatic carbocycles. The molecule has 0 unspecified atom stereocenters. The van der Waals surface area contributed by atoms with Crippen molar-refractivity contribution in [2.75, 3.05) is 13.2 Å². The number of piperidine rings is 1. The summed E-state index contributed by atoms with van der Waals surface area (Å²) in [7, 11) is 0. The van der Waals surface area contributed by atoms with Crippen molar-refractivity contribution in [1.82, 2.24) is 4.90 Å². The molecule has 0 spiro atoms. The van der Waals surface area contributed by atoms with Gasteiger partial charge in [-0.1, -0.05) is 59.9 Å². The molecule has 2 fully saturated rings. The molecule has 2 heterocycles. The first-order valence-electron chi connectivity index (χ1n) is 12.5. The second kappa shape index (κ2) is 12.2. The van der Waals surface area contributed by atoms with Gasteiger partial charge in [0.1, 0.15) is 5.76 Å². The first-order valence-corrected chi connectivity index (χ1v) is 14.9. The van der Waals surface area contributed by atoms with Crippen molar-refractivity contribution in [2.45, 2.75) is 25.3 Å². The third-order valence-electron chi connectivity index (χ3n) is 7.06. The Labute approximate surface area is 251 Å². The largest absolute Gasteiger partial charge is 0.462 e. The number of rotatable bonds is 6. The van der Waals surface area contributed by atoms with Crippen LogP contribution < -0.4 is 0 Å². The number of nitrogens with zero attached hydrogens (tertiary/aromatic N) is 1. The number of ether oxygens (including phenoxy) is 2. The lowest BCUT2D eigenvalue weighted by molar-refractivity contribution is -0.130. The van der Waals surface area contributed by atoms with E-state index in [9.17, 15) is 14.4 Å². The van der Waals surface area contributed by atoms with Gasteiger partial charge in [0.15, 0.2) is 0 Å². The summed E-state index contributed by atoms with van der Waals surface area (Å²) >= 11 is 10.2. The zero-order valence-corrected chi connectivity index (χ0v) is 25.5. The minimum absolute atomic E-state index is 0.0349. The van der Waals surface area contributed by atoms with E-state index in [2.05, 4.69) is 47.8 Å². The second-order valence-electron chi connectivity index (χ2n) is 9.47. The molecule has 9 heteroatoms. The Bertz CT molecular complexity index is 1420. The Kier molecular flexibility index (Phi) is 8.69. The molecule has 5 rings (SSSR count). The van der Waals surface area contributed by atoms with Crippen LogP contribution >= 0.6 is 47.8 Å². The molecule has 0 aromatic heterocycles. The number of fused-ring (bicyclic) bond motifs is 1. The van der Waals surface area contributed by atoms with E-state index in [4.69, 9.17) is 9.47 Å². The predicted molar refractivity (Wildman–Crippen MR) is 158 cm³/mol. The number of esters is 2. The van der Waals surface area contributed by atoms with Gasteiger partial charge in [-0.15, -0.1) is 0 Å². The molecule has 0 saturated carbocycles. The molecule has 2 aliphatic heterocycles. The number of benzene rings is 3. The highest BCUT2D eigenvalue weighted by atomic mass is 79.9. The van der Waals surface area contributed by atoms with Crippen molar-refractivity contribution < 1.29 is 23.9 Å². The maximum absolute atomic E-state index is 13.7. The molecular formula is C30H24Br3NO5. The maximum Gasteiger partial charge on any atom is 0.343 e. The summed E-state index contributed by atoms with van der Waals surface area (Å²) < 4.78 is 14.2. The molecule has 6 nitrogen and oxygen atoms in total. The Hall–Kier alpha value is -2.75. The summed E-state index contributed by atoms with van der Waals surface area (Å²) in [5.74, 6) is -0.710. The zero-order valence-electron chi connectivity index (χ0n) is 20.7. The SMILES string of the molecule is O=C(OC[C@@H]1CCN2C(=O)/C(=C(/OC(=O)c3ccc(Br)cc3)c3ccc(Br)cc3)CC[C@@H]12)c1ccc(Br)cc1. The van der Waals surface area contributed by atoms with Crippen molar-refractivity contribution in [2.24, 2.45) is 5.92 Å². The molecule has 2 aliphatic rings. The summed E-state index contributed by atoms with van der Waals surface area (Å²) in [5, 5.41) is 0. The lowest BCUT2D eigenvalue weighted by Crippen LogP contribution is -2.44. The van der Waals surface area contributed by atoms with E-state index in [1.807, 2.05) is 29.2 Å². The third-order valence-corrected chi connectivity index (χ3v) is 8.64. The third kappa shape index (κ3) is 6.36. The van der Waals surface area contributed by atoms with Gasteiger partial charge in [-0.2, -0.15) is 0 Å². The Morgan fingerprint density at radius 2 is 1.26 bits per heavy atom. The number of carbonyl (C=O) groups excluding carboxylic acids is 3. The molecule has 2 atom stereocenters. The van der Waals surface area contributed by atoms with E-state index in [0.29, 0.717) is 41.6 Å². The Morgan fingerprint density at radius 3 is 1.82 bits per heavy atom. The molecule has 200 valence electrons. The van der Waals surface area contributed by atoms with E-state index < -0.39 is 5.97 Å². The predicted octanol–water partition coefficient (Wildman–Crippen LogP) is 7.41. The molecule has 3 aromatic carbocycles. The van der Waals surface area contributed by atoms with Gasteiger partial charge in [0, 0.05) is 37.5 Å². The normalized spacial score (nSPS) is 19.9. The molecule has 0 N–H and O–H groups in total. The highest BCUT2D eigenvalue weighted by molar-refractivity contribution is 9.11. The van der Waals surface area contributed by atoms with Crippen LogP contribution in [0.2, 0.25) is 0 Å². The van der Waals surface area contributed by atoms with Crippen LogP contribution in [0.3, 0.4) is 0 Å². The molecular weight excluding hydrogens is 694 g/mol. The van der Waals surface area contributed by atoms with Crippen LogP contribution in [0.1, 0.15) is 45.5 Å². The molecule has 3 aromatic rings. The average Bonchev–Trinajstić information content (AvgIpc) is 3.36. The summed E-state index contributed by atoms with van der Waals surface area (Å²) in [5.41, 5.74) is 2.02. The van der Waals surface area contributed by atoms with Crippen molar-refractivity contribution in [3.8, 4) is 0 Å². The van der Waals surface area contributed by atoms with E-state index >= 15 is 0 Å². The lowest BCUT2D eigenvalue weighted by atomic mass is 9.90. The first kappa shape index (κ1) is 27.8. The fourth-order valence-electron chi connectivity index (χ4n) is 5.02. The zero-order chi connectivity index (χ0) is 27.5. The smallest absolute Gasteiger partial charge is 0.343 e. The van der Waals surface area contributed by atoms with E-state index in [0.717, 1.165) is 19.8 Å². The van der Waals surface area contributed by atoms with Gasteiger partial charge in [-0.05, 0) is 79.9 Å². The Balaban J connectivity index is 1.34. The Morgan fingerprint density at radius 1 is 0.744 bits per heavy atom. The lowest BCUT2D eigenvalue weighted by Gasteiger charge is -2.34. The summed E-state index contributed by atoms with van der Waals surface area (Å²) in [4.78, 5) is 41.2. The van der Waals surface area contributed by atoms with Crippen molar-refractivity contribution >= 4 is 71.4 Å². The number of amides is 1. The number of hydrogen-bond acceptors (Lipinski definition) is 5. The van der Waals surface area contributed by atoms with Crippen molar-refractivity contribution in [1.29, 1.82) is 0 Å². The summed E-state index contributed by atoms with van der Waals surface area (Å²) in [6.07, 6.45) is 1.89. The monoisotopic (exact) mass is 715 g/mol. The van der Waals surface area contributed by atoms with Crippen molar-refractivity contribution in [3.05, 3.63) is 108 Å². The quantitative estimate of drug-likeness (QED) is 0.151. The first-order chi connectivity index (χ1) is 18.8. The summed E-state index contributed by atoms with van der Waals surface area (Å²) in [6.45, 7) is 0.808. The van der Waals surface area contributed by atoms with Gasteiger partial charge in [-0.25, -0.2) is 9.59 Å². The van der Waals surface area contributed by atoms with Crippen LogP contribution in [0.4, 0.5) is 0 Å². The number of halogens is 3. The van der Waals surface area contributed by atoms with Crippen LogP contribution in [-0.4, -0.2) is 41.9 Å². The minimum Gasteiger partial charge on any atom is -0.462 e. The molecule has 39 heavy (non-hydrogen) atoms. The van der Waals surface area contributed by atoms with Crippen LogP contribution in [0.15, 0.2) is 91.8 Å². The van der Waals surface area contributed by atoms with Crippen LogP contribution in [0.5, 0.6) is 0 Å². The number of hydrogen-bond donors (Lipinski definition) is 0. The topological polar surface area (TPSA) is 72.9 Å². The van der Waals surface area contributed by atoms with Gasteiger partial charge in [-0.3, -0.25) is 4.79 Å². The van der Waals surface area contributed by atoms with Crippen molar-refractivity contribution in [3.63, 3.8) is 0 Å². The van der Waals surface area contributed by atoms with Gasteiger partial charge in [0.05, 0.1) is 23.3 Å². The van der Waals surface area contributed by atoms with Gasteiger partial charge >= 0.3 is 11.9 Å². The molecule has 0 radical (unpaired) electrons. The van der Waals surface area contributed by atoms with Gasteiger partial charge in [0.2, 0.25) is 0 Å². The van der Waals surface area contributed by atoms with Crippen LogP contribution in [0.25, 0.3) is 5.76 Å². The standard InChI is InChI=1S/C30H24Br3NO5/c31-22-7-1-18(2-8-22)27(39-30(37)20-5-11-24(33)12-6-20)25-13-14-26-21(15-16-34(26)28(25)35)17-38-29(36)19-3-9-23(32)10-4-19/h1-12,21,26H,13-17H2/b27-25+/t21-,26-/m0/s1. The van der Waals surface area contributed by atoms with Gasteiger partial charge in [0.25, 0.3) is 5.91 Å². The van der Waals surface area contributed by atoms with Gasteiger partial charge < -0.3 is 14.4 Å². The molecule has 1 amide bonds. The maximum atomic E-state index is 13.7. The van der Waals surface area contributed by atoms with Crippen LogP contribution in [-0.2, 0) is 14.3 Å². The molecule has 2 saturated heterocycles. The number of carbonyl (C=O) groups is 3. The minimum atomic E-state index is -0.526. The molecule has 0 bridgehead atoms. The second-order valence-corrected chi connectivity index (χ2v) is 12.2. The highest BCUT2D eigenvalue weighted by Gasteiger charge is 2.43. The van der Waals surface area contributed by atoms with E-state index in [1.165, 1.54) is 0 Å². The fourth-order valence-corrected chi connectivity index (χ4v) is 5.82. The average molecular weight is 718 g/mol.